The zero-order valence-electron chi connectivity index (χ0n) is 9.00. The van der Waals surface area contributed by atoms with Gasteiger partial charge in [-0.25, -0.2) is 0 Å². The summed E-state index contributed by atoms with van der Waals surface area (Å²) in [5.41, 5.74) is 0.0832. The zero-order chi connectivity index (χ0) is 9.92. The Morgan fingerprint density at radius 1 is 1.21 bits per heavy atom. The fourth-order valence-corrected chi connectivity index (χ4v) is 4.95. The minimum absolute atomic E-state index is 0.0832. The molecule has 0 aromatic rings. The van der Waals surface area contributed by atoms with Gasteiger partial charge in [0.25, 0.3) is 0 Å². The topological polar surface area (TPSA) is 9.23 Å². The van der Waals surface area contributed by atoms with E-state index in [0.29, 0.717) is 11.3 Å². The smallest absolute Gasteiger partial charge is 0.0721 e. The highest BCUT2D eigenvalue weighted by molar-refractivity contribution is 6.21. The molecular weight excluding hydrogens is 196 g/mol. The van der Waals surface area contributed by atoms with Crippen LogP contribution in [0.1, 0.15) is 32.6 Å². The lowest BCUT2D eigenvalue weighted by Gasteiger charge is -2.61. The average molecular weight is 215 g/mol. The minimum atomic E-state index is 0.0832. The molecule has 0 aliphatic heterocycles. The van der Waals surface area contributed by atoms with Gasteiger partial charge in [-0.15, -0.1) is 11.6 Å². The molecule has 4 rings (SSSR count). The van der Waals surface area contributed by atoms with Crippen LogP contribution in [-0.4, -0.2) is 18.1 Å². The van der Waals surface area contributed by atoms with Gasteiger partial charge in [0.1, 0.15) is 0 Å². The quantitative estimate of drug-likeness (QED) is 0.610. The van der Waals surface area contributed by atoms with Gasteiger partial charge in [-0.1, -0.05) is 0 Å². The maximum atomic E-state index is 6.55. The Morgan fingerprint density at radius 2 is 2.00 bits per heavy atom. The van der Waals surface area contributed by atoms with Crippen molar-refractivity contribution < 1.29 is 4.74 Å². The molecule has 0 heterocycles. The average Bonchev–Trinajstić information content (AvgIpc) is 2.20. The minimum Gasteiger partial charge on any atom is -0.378 e. The highest BCUT2D eigenvalue weighted by Gasteiger charge is 2.59. The van der Waals surface area contributed by atoms with E-state index >= 15 is 0 Å². The SMILES string of the molecule is CO[C@@]1(C)[C@H]2C[C@H]3C[C@H](C2)[C@H](Cl)[C@H]1C3. The van der Waals surface area contributed by atoms with E-state index in [1.807, 2.05) is 7.11 Å². The summed E-state index contributed by atoms with van der Waals surface area (Å²) in [6.45, 7) is 2.29. The van der Waals surface area contributed by atoms with Gasteiger partial charge in [0, 0.05) is 18.4 Å². The molecule has 4 aliphatic rings. The van der Waals surface area contributed by atoms with Gasteiger partial charge < -0.3 is 4.74 Å². The molecule has 2 heteroatoms. The molecule has 4 saturated carbocycles. The lowest BCUT2D eigenvalue weighted by atomic mass is 9.50. The standard InChI is InChI=1S/C12H19ClO/c1-12(14-2)9-4-7-3-8(6-9)11(13)10(12)5-7/h7-11H,3-6H2,1-2H3/t7-,8-,9+,10-,11+,12+/m1/s1. The van der Waals surface area contributed by atoms with E-state index in [-0.39, 0.29) is 5.60 Å². The summed E-state index contributed by atoms with van der Waals surface area (Å²) in [7, 11) is 1.87. The molecule has 14 heavy (non-hydrogen) atoms. The molecule has 4 bridgehead atoms. The van der Waals surface area contributed by atoms with Gasteiger partial charge in [0.15, 0.2) is 0 Å². The molecule has 0 radical (unpaired) electrons. The summed E-state index contributed by atoms with van der Waals surface area (Å²) in [6, 6.07) is 0. The van der Waals surface area contributed by atoms with Crippen LogP contribution in [0.15, 0.2) is 0 Å². The van der Waals surface area contributed by atoms with Crippen LogP contribution < -0.4 is 0 Å². The molecule has 0 unspecified atom stereocenters. The van der Waals surface area contributed by atoms with E-state index in [2.05, 4.69) is 6.92 Å². The molecular formula is C12H19ClO. The van der Waals surface area contributed by atoms with Gasteiger partial charge in [0.05, 0.1) is 5.60 Å². The monoisotopic (exact) mass is 214 g/mol. The van der Waals surface area contributed by atoms with Crippen molar-refractivity contribution in [3.63, 3.8) is 0 Å². The molecule has 0 amide bonds. The first-order valence-corrected chi connectivity index (χ1v) is 6.28. The van der Waals surface area contributed by atoms with Gasteiger partial charge in [-0.2, -0.15) is 0 Å². The predicted molar refractivity (Wildman–Crippen MR) is 57.5 cm³/mol. The fourth-order valence-electron chi connectivity index (χ4n) is 4.39. The lowest BCUT2D eigenvalue weighted by molar-refractivity contribution is -0.176. The molecule has 6 atom stereocenters. The summed E-state index contributed by atoms with van der Waals surface area (Å²) in [4.78, 5) is 0. The van der Waals surface area contributed by atoms with Gasteiger partial charge >= 0.3 is 0 Å². The van der Waals surface area contributed by atoms with Crippen molar-refractivity contribution in [3.05, 3.63) is 0 Å². The van der Waals surface area contributed by atoms with Crippen molar-refractivity contribution in [2.75, 3.05) is 7.11 Å². The molecule has 0 aromatic carbocycles. The van der Waals surface area contributed by atoms with Crippen molar-refractivity contribution >= 4 is 11.6 Å². The van der Waals surface area contributed by atoms with Crippen LogP contribution in [0.3, 0.4) is 0 Å². The van der Waals surface area contributed by atoms with Crippen molar-refractivity contribution in [1.29, 1.82) is 0 Å². The van der Waals surface area contributed by atoms with E-state index in [1.165, 1.54) is 25.7 Å². The number of methoxy groups -OCH3 is 1. The number of hydrogen-bond acceptors (Lipinski definition) is 1. The Morgan fingerprint density at radius 3 is 2.71 bits per heavy atom. The summed E-state index contributed by atoms with van der Waals surface area (Å²) in [5.74, 6) is 3.15. The molecule has 80 valence electrons. The van der Waals surface area contributed by atoms with Crippen molar-refractivity contribution in [1.82, 2.24) is 0 Å². The van der Waals surface area contributed by atoms with Crippen molar-refractivity contribution in [2.45, 2.75) is 43.6 Å². The van der Waals surface area contributed by atoms with Crippen LogP contribution in [0.25, 0.3) is 0 Å². The highest BCUT2D eigenvalue weighted by Crippen LogP contribution is 2.60. The third-order valence-corrected chi connectivity index (χ3v) is 5.91. The maximum Gasteiger partial charge on any atom is 0.0721 e. The summed E-state index contributed by atoms with van der Waals surface area (Å²) in [6.07, 6.45) is 5.40. The van der Waals surface area contributed by atoms with E-state index in [0.717, 1.165) is 17.8 Å². The Kier molecular flexibility index (Phi) is 1.95. The van der Waals surface area contributed by atoms with E-state index in [9.17, 15) is 0 Å². The van der Waals surface area contributed by atoms with Crippen LogP contribution in [0, 0.1) is 23.7 Å². The predicted octanol–water partition coefficient (Wildman–Crippen LogP) is 3.06. The molecule has 4 fully saturated rings. The third kappa shape index (κ3) is 1.01. The Bertz CT molecular complexity index is 255. The second-order valence-electron chi connectivity index (χ2n) is 5.70. The van der Waals surface area contributed by atoms with Gasteiger partial charge in [-0.05, 0) is 50.4 Å². The number of alkyl halides is 1. The number of halogens is 1. The lowest BCUT2D eigenvalue weighted by Crippen LogP contribution is -2.61. The molecule has 0 N–H and O–H groups in total. The maximum absolute atomic E-state index is 6.55. The Labute approximate surface area is 91.2 Å². The van der Waals surface area contributed by atoms with Crippen molar-refractivity contribution in [2.24, 2.45) is 23.7 Å². The van der Waals surface area contributed by atoms with Crippen molar-refractivity contribution in [3.8, 4) is 0 Å². The number of hydrogen-bond donors (Lipinski definition) is 0. The molecule has 1 nitrogen and oxygen atoms in total. The highest BCUT2D eigenvalue weighted by atomic mass is 35.5. The molecule has 0 saturated heterocycles. The van der Waals surface area contributed by atoms with Gasteiger partial charge in [0.2, 0.25) is 0 Å². The zero-order valence-corrected chi connectivity index (χ0v) is 9.76. The van der Waals surface area contributed by atoms with Crippen LogP contribution in [0.4, 0.5) is 0 Å². The normalized spacial score (nSPS) is 60.6. The van der Waals surface area contributed by atoms with Gasteiger partial charge in [-0.3, -0.25) is 0 Å². The molecule has 4 aliphatic carbocycles. The summed E-state index contributed by atoms with van der Waals surface area (Å²) >= 11 is 6.55. The first-order chi connectivity index (χ1) is 6.65. The second-order valence-corrected chi connectivity index (χ2v) is 6.21. The van der Waals surface area contributed by atoms with E-state index in [1.54, 1.807) is 0 Å². The largest absolute Gasteiger partial charge is 0.378 e. The van der Waals surface area contributed by atoms with Crippen LogP contribution in [0.2, 0.25) is 0 Å². The number of ether oxygens (including phenoxy) is 1. The van der Waals surface area contributed by atoms with Crippen LogP contribution in [-0.2, 0) is 4.74 Å². The Balaban J connectivity index is 1.97. The third-order valence-electron chi connectivity index (χ3n) is 5.25. The fraction of sp³-hybridized carbons (Fsp3) is 1.00. The molecule has 0 aromatic heterocycles. The van der Waals surface area contributed by atoms with E-state index < -0.39 is 0 Å². The Hall–Kier alpha value is 0.250. The number of rotatable bonds is 1. The summed E-state index contributed by atoms with van der Waals surface area (Å²) in [5, 5.41) is 0.382. The first-order valence-electron chi connectivity index (χ1n) is 5.84. The first kappa shape index (κ1) is 9.47. The summed E-state index contributed by atoms with van der Waals surface area (Å²) < 4.78 is 5.80. The molecule has 0 spiro atoms. The second kappa shape index (κ2) is 2.89. The van der Waals surface area contributed by atoms with Crippen LogP contribution in [0.5, 0.6) is 0 Å². The van der Waals surface area contributed by atoms with Crippen LogP contribution >= 0.6 is 11.6 Å². The van der Waals surface area contributed by atoms with E-state index in [4.69, 9.17) is 16.3 Å².